The molecule has 0 atom stereocenters. The molecule has 0 fully saturated rings. The first-order valence-electron chi connectivity index (χ1n) is 6.78. The maximum atomic E-state index is 13.1. The summed E-state index contributed by atoms with van der Waals surface area (Å²) in [6.45, 7) is 2.83. The highest BCUT2D eigenvalue weighted by atomic mass is 19.4. The van der Waals surface area contributed by atoms with Crippen molar-refractivity contribution in [2.24, 2.45) is 0 Å². The molecule has 6 heteroatoms. The van der Waals surface area contributed by atoms with Crippen molar-refractivity contribution in [3.8, 4) is 0 Å². The summed E-state index contributed by atoms with van der Waals surface area (Å²) in [5, 5.41) is 0.0166. The first-order valence-corrected chi connectivity index (χ1v) is 6.78. The van der Waals surface area contributed by atoms with Crippen molar-refractivity contribution >= 4 is 16.6 Å². The van der Waals surface area contributed by atoms with Gasteiger partial charge in [-0.05, 0) is 24.6 Å². The number of aromatic nitrogens is 1. The average Bonchev–Trinajstić information content (AvgIpc) is 2.42. The van der Waals surface area contributed by atoms with E-state index in [2.05, 4.69) is 11.9 Å². The van der Waals surface area contributed by atoms with E-state index in [1.807, 2.05) is 11.9 Å². The highest BCUT2D eigenvalue weighted by molar-refractivity contribution is 5.86. The number of hydrogen-bond donors (Lipinski definition) is 1. The van der Waals surface area contributed by atoms with Crippen LogP contribution in [0.3, 0.4) is 0 Å². The second-order valence-electron chi connectivity index (χ2n) is 5.05. The Labute approximate surface area is 120 Å². The van der Waals surface area contributed by atoms with E-state index in [9.17, 15) is 18.0 Å². The monoisotopic (exact) mass is 298 g/mol. The van der Waals surface area contributed by atoms with Crippen molar-refractivity contribution in [2.45, 2.75) is 25.9 Å². The molecule has 0 radical (unpaired) electrons. The van der Waals surface area contributed by atoms with Gasteiger partial charge in [0.2, 0.25) is 5.56 Å². The van der Waals surface area contributed by atoms with Crippen molar-refractivity contribution < 1.29 is 13.2 Å². The molecule has 0 amide bonds. The summed E-state index contributed by atoms with van der Waals surface area (Å²) in [6, 6.07) is 5.32. The molecule has 3 nitrogen and oxygen atoms in total. The highest BCUT2D eigenvalue weighted by Crippen LogP contribution is 2.34. The minimum absolute atomic E-state index is 0.0166. The van der Waals surface area contributed by atoms with Crippen LogP contribution in [-0.2, 0) is 6.18 Å². The standard InChI is InChI=1S/C15H17F3N2O/c1-3-4-7-20(2)10-5-6-13-11(8-10)12(15(16,17)18)9-14(21)19-13/h5-6,8-9H,3-4,7H2,1-2H3,(H,19,21). The number of nitrogens with zero attached hydrogens (tertiary/aromatic N) is 1. The number of nitrogens with one attached hydrogen (secondary N) is 1. The molecule has 0 aliphatic heterocycles. The summed E-state index contributed by atoms with van der Waals surface area (Å²) in [4.78, 5) is 15.7. The minimum Gasteiger partial charge on any atom is -0.375 e. The highest BCUT2D eigenvalue weighted by Gasteiger charge is 2.33. The summed E-state index contributed by atoms with van der Waals surface area (Å²) < 4.78 is 39.2. The summed E-state index contributed by atoms with van der Waals surface area (Å²) in [5.74, 6) is 0. The normalized spacial score (nSPS) is 11.9. The molecule has 0 aliphatic rings. The second kappa shape index (κ2) is 5.79. The van der Waals surface area contributed by atoms with Crippen LogP contribution in [0.25, 0.3) is 10.9 Å². The van der Waals surface area contributed by atoms with Gasteiger partial charge in [-0.2, -0.15) is 13.2 Å². The number of H-pyrrole nitrogens is 1. The van der Waals surface area contributed by atoms with Gasteiger partial charge < -0.3 is 9.88 Å². The lowest BCUT2D eigenvalue weighted by Crippen LogP contribution is -2.19. The van der Waals surface area contributed by atoms with Gasteiger partial charge >= 0.3 is 6.18 Å². The first-order chi connectivity index (χ1) is 9.82. The number of anilines is 1. The van der Waals surface area contributed by atoms with E-state index in [1.54, 1.807) is 6.07 Å². The minimum atomic E-state index is -4.55. The lowest BCUT2D eigenvalue weighted by Gasteiger charge is -2.20. The third-order valence-electron chi connectivity index (χ3n) is 3.42. The number of hydrogen-bond acceptors (Lipinski definition) is 2. The van der Waals surface area contributed by atoms with Crippen LogP contribution in [-0.4, -0.2) is 18.6 Å². The molecule has 0 saturated carbocycles. The van der Waals surface area contributed by atoms with Crippen LogP contribution >= 0.6 is 0 Å². The molecule has 0 unspecified atom stereocenters. The largest absolute Gasteiger partial charge is 0.417 e. The maximum absolute atomic E-state index is 13.1. The Bertz CT molecular complexity index is 691. The molecular formula is C15H17F3N2O. The van der Waals surface area contributed by atoms with Crippen LogP contribution in [0.2, 0.25) is 0 Å². The Kier molecular flexibility index (Phi) is 4.25. The SMILES string of the molecule is CCCCN(C)c1ccc2[nH]c(=O)cc(C(F)(F)F)c2c1. The van der Waals surface area contributed by atoms with Crippen molar-refractivity contribution in [2.75, 3.05) is 18.5 Å². The summed E-state index contributed by atoms with van der Waals surface area (Å²) >= 11 is 0. The van der Waals surface area contributed by atoms with Crippen LogP contribution in [0.15, 0.2) is 29.1 Å². The topological polar surface area (TPSA) is 36.1 Å². The van der Waals surface area contributed by atoms with Gasteiger partial charge in [0.05, 0.1) is 5.56 Å². The number of halogens is 3. The quantitative estimate of drug-likeness (QED) is 0.932. The van der Waals surface area contributed by atoms with Gasteiger partial charge in [-0.25, -0.2) is 0 Å². The van der Waals surface area contributed by atoms with Gasteiger partial charge in [-0.1, -0.05) is 13.3 Å². The smallest absolute Gasteiger partial charge is 0.375 e. The van der Waals surface area contributed by atoms with Crippen molar-refractivity contribution in [1.82, 2.24) is 4.98 Å². The number of fused-ring (bicyclic) bond motifs is 1. The molecular weight excluding hydrogens is 281 g/mol. The van der Waals surface area contributed by atoms with E-state index in [4.69, 9.17) is 0 Å². The molecule has 114 valence electrons. The number of aromatic amines is 1. The fourth-order valence-corrected chi connectivity index (χ4v) is 2.24. The summed E-state index contributed by atoms with van der Waals surface area (Å²) in [7, 11) is 1.84. The number of benzene rings is 1. The second-order valence-corrected chi connectivity index (χ2v) is 5.05. The zero-order chi connectivity index (χ0) is 15.6. The van der Waals surface area contributed by atoms with E-state index >= 15 is 0 Å². The molecule has 0 bridgehead atoms. The van der Waals surface area contributed by atoms with E-state index in [0.29, 0.717) is 11.8 Å². The third kappa shape index (κ3) is 3.37. The van der Waals surface area contributed by atoms with Gasteiger partial charge in [0.25, 0.3) is 0 Å². The number of rotatable bonds is 4. The van der Waals surface area contributed by atoms with Crippen LogP contribution in [0.4, 0.5) is 18.9 Å². The van der Waals surface area contributed by atoms with Gasteiger partial charge in [-0.3, -0.25) is 4.79 Å². The Hall–Kier alpha value is -1.98. The Morgan fingerprint density at radius 3 is 2.57 bits per heavy atom. The predicted molar refractivity (Wildman–Crippen MR) is 77.7 cm³/mol. The Morgan fingerprint density at radius 1 is 1.24 bits per heavy atom. The van der Waals surface area contributed by atoms with E-state index in [-0.39, 0.29) is 10.9 Å². The van der Waals surface area contributed by atoms with Crippen LogP contribution < -0.4 is 10.5 Å². The van der Waals surface area contributed by atoms with Crippen molar-refractivity contribution in [3.63, 3.8) is 0 Å². The molecule has 1 aromatic carbocycles. The zero-order valence-corrected chi connectivity index (χ0v) is 11.9. The van der Waals surface area contributed by atoms with E-state index < -0.39 is 17.3 Å². The lowest BCUT2D eigenvalue weighted by molar-refractivity contribution is -0.136. The molecule has 0 spiro atoms. The fourth-order valence-electron chi connectivity index (χ4n) is 2.24. The zero-order valence-electron chi connectivity index (χ0n) is 11.9. The lowest BCUT2D eigenvalue weighted by atomic mass is 10.1. The Morgan fingerprint density at radius 2 is 1.95 bits per heavy atom. The molecule has 2 aromatic rings. The average molecular weight is 298 g/mol. The van der Waals surface area contributed by atoms with Gasteiger partial charge in [0.1, 0.15) is 0 Å². The Balaban J connectivity index is 2.55. The van der Waals surface area contributed by atoms with Gasteiger partial charge in [0, 0.05) is 36.2 Å². The van der Waals surface area contributed by atoms with E-state index in [0.717, 1.165) is 19.4 Å². The number of alkyl halides is 3. The molecule has 0 saturated heterocycles. The fraction of sp³-hybridized carbons (Fsp3) is 0.400. The van der Waals surface area contributed by atoms with Crippen molar-refractivity contribution in [1.29, 1.82) is 0 Å². The number of pyridine rings is 1. The predicted octanol–water partition coefficient (Wildman–Crippen LogP) is 3.78. The molecule has 1 N–H and O–H groups in total. The summed E-state index contributed by atoms with van der Waals surface area (Å²) in [6.07, 6.45) is -2.57. The van der Waals surface area contributed by atoms with Gasteiger partial charge in [0.15, 0.2) is 0 Å². The van der Waals surface area contributed by atoms with Crippen LogP contribution in [0.5, 0.6) is 0 Å². The third-order valence-corrected chi connectivity index (χ3v) is 3.42. The van der Waals surface area contributed by atoms with Crippen molar-refractivity contribution in [3.05, 3.63) is 40.2 Å². The molecule has 1 aromatic heterocycles. The summed E-state index contributed by atoms with van der Waals surface area (Å²) in [5.41, 5.74) is -0.745. The number of unbranched alkanes of at least 4 members (excludes halogenated alkanes) is 1. The van der Waals surface area contributed by atoms with Gasteiger partial charge in [-0.15, -0.1) is 0 Å². The molecule has 1 heterocycles. The van der Waals surface area contributed by atoms with Crippen LogP contribution in [0.1, 0.15) is 25.3 Å². The van der Waals surface area contributed by atoms with E-state index in [1.165, 1.54) is 12.1 Å². The molecule has 2 rings (SSSR count). The maximum Gasteiger partial charge on any atom is 0.417 e. The van der Waals surface area contributed by atoms with Crippen LogP contribution in [0, 0.1) is 0 Å². The molecule has 21 heavy (non-hydrogen) atoms. The first kappa shape index (κ1) is 15.4. The molecule has 0 aliphatic carbocycles.